The van der Waals surface area contributed by atoms with Gasteiger partial charge in [-0.3, -0.25) is 0 Å². The van der Waals surface area contributed by atoms with Gasteiger partial charge in [0.2, 0.25) is 0 Å². The molecule has 6 aromatic rings. The summed E-state index contributed by atoms with van der Waals surface area (Å²) in [4.78, 5) is 5.15. The maximum absolute atomic E-state index is 2.65. The fraction of sp³-hybridized carbons (Fsp3) is 0.379. The van der Waals surface area contributed by atoms with Crippen LogP contribution in [0.25, 0.3) is 11.1 Å². The maximum atomic E-state index is 2.65. The summed E-state index contributed by atoms with van der Waals surface area (Å²) in [6.07, 6.45) is 14.8. The van der Waals surface area contributed by atoms with E-state index in [1.807, 2.05) is 0 Å². The summed E-state index contributed by atoms with van der Waals surface area (Å²) in [6.45, 7) is 18.3. The summed E-state index contributed by atoms with van der Waals surface area (Å²) >= 11 is 0. The average Bonchev–Trinajstić information content (AvgIpc) is 3.82. The Balaban J connectivity index is 1.22. The summed E-state index contributed by atoms with van der Waals surface area (Å²) in [5, 5.41) is 0. The SMILES string of the molecule is CCCCc1cc(C)c(N(c2ccc(C)cc2)c2ccc3c(c2)[C@]24CCC[C@]2(CCC4)c2cc(N(c4ccc(C)cc4)c4c(C)cc(CCCC)cc4C)ccc2-3)c(C)c1. The highest BCUT2D eigenvalue weighted by Crippen LogP contribution is 2.70. The molecule has 0 aromatic heterocycles. The Morgan fingerprint density at radius 1 is 0.417 bits per heavy atom. The van der Waals surface area contributed by atoms with Gasteiger partial charge < -0.3 is 9.80 Å². The highest BCUT2D eigenvalue weighted by Gasteiger charge is 2.62. The van der Waals surface area contributed by atoms with Crippen LogP contribution in [0.5, 0.6) is 0 Å². The number of hydrogen-bond acceptors (Lipinski definition) is 2. The van der Waals surface area contributed by atoms with E-state index in [4.69, 9.17) is 0 Å². The van der Waals surface area contributed by atoms with Crippen LogP contribution in [0.2, 0.25) is 0 Å². The van der Waals surface area contributed by atoms with Gasteiger partial charge >= 0.3 is 0 Å². The fourth-order valence-electron chi connectivity index (χ4n) is 12.3. The molecule has 3 aliphatic carbocycles. The molecule has 6 aromatic carbocycles. The molecular formula is C58H66N2. The van der Waals surface area contributed by atoms with Crippen LogP contribution in [0.3, 0.4) is 0 Å². The molecule has 60 heavy (non-hydrogen) atoms. The van der Waals surface area contributed by atoms with Crippen LogP contribution in [0.1, 0.15) is 134 Å². The van der Waals surface area contributed by atoms with Crippen molar-refractivity contribution in [1.82, 2.24) is 0 Å². The maximum Gasteiger partial charge on any atom is 0.0520 e. The zero-order chi connectivity index (χ0) is 41.8. The van der Waals surface area contributed by atoms with Crippen molar-refractivity contribution in [2.45, 2.75) is 143 Å². The highest BCUT2D eigenvalue weighted by atomic mass is 15.2. The van der Waals surface area contributed by atoms with E-state index < -0.39 is 0 Å². The summed E-state index contributed by atoms with van der Waals surface area (Å²) in [5.41, 5.74) is 24.9. The fourth-order valence-corrected chi connectivity index (χ4v) is 12.3. The molecule has 0 bridgehead atoms. The van der Waals surface area contributed by atoms with Crippen molar-refractivity contribution in [3.63, 3.8) is 0 Å². The molecule has 2 saturated carbocycles. The Bertz CT molecular complexity index is 2300. The average molecular weight is 791 g/mol. The van der Waals surface area contributed by atoms with E-state index in [1.165, 1.54) is 154 Å². The molecule has 0 spiro atoms. The Hall–Kier alpha value is -5.08. The van der Waals surface area contributed by atoms with Crippen molar-refractivity contribution in [2.75, 3.05) is 9.80 Å². The number of hydrogen-bond donors (Lipinski definition) is 0. The van der Waals surface area contributed by atoms with Crippen LogP contribution in [-0.4, -0.2) is 0 Å². The monoisotopic (exact) mass is 791 g/mol. The minimum Gasteiger partial charge on any atom is -0.310 e. The van der Waals surface area contributed by atoms with Crippen molar-refractivity contribution >= 4 is 34.1 Å². The van der Waals surface area contributed by atoms with Crippen molar-refractivity contribution < 1.29 is 0 Å². The van der Waals surface area contributed by atoms with Crippen LogP contribution in [0.4, 0.5) is 34.1 Å². The molecule has 0 amide bonds. The Morgan fingerprint density at radius 2 is 0.750 bits per heavy atom. The van der Waals surface area contributed by atoms with Crippen LogP contribution >= 0.6 is 0 Å². The van der Waals surface area contributed by atoms with Gasteiger partial charge in [-0.15, -0.1) is 0 Å². The molecule has 0 aliphatic heterocycles. The number of anilines is 6. The predicted molar refractivity (Wildman–Crippen MR) is 258 cm³/mol. The van der Waals surface area contributed by atoms with E-state index in [2.05, 4.69) is 174 Å². The van der Waals surface area contributed by atoms with Gasteiger partial charge in [0, 0.05) is 33.6 Å². The number of rotatable bonds is 12. The van der Waals surface area contributed by atoms with Crippen LogP contribution in [0, 0.1) is 41.5 Å². The number of aryl methyl sites for hydroxylation is 8. The molecule has 0 N–H and O–H groups in total. The lowest BCUT2D eigenvalue weighted by molar-refractivity contribution is 0.299. The molecular weight excluding hydrogens is 725 g/mol. The molecule has 308 valence electrons. The van der Waals surface area contributed by atoms with Gasteiger partial charge in [-0.2, -0.15) is 0 Å². The first-order valence-corrected chi connectivity index (χ1v) is 23.3. The first kappa shape index (κ1) is 40.3. The summed E-state index contributed by atoms with van der Waals surface area (Å²) in [6, 6.07) is 43.4. The molecule has 0 radical (unpaired) electrons. The number of unbranched alkanes of at least 4 members (excludes halogenated alkanes) is 2. The van der Waals surface area contributed by atoms with Gasteiger partial charge in [0.05, 0.1) is 11.4 Å². The van der Waals surface area contributed by atoms with E-state index in [1.54, 1.807) is 11.1 Å². The first-order chi connectivity index (χ1) is 29.1. The van der Waals surface area contributed by atoms with Crippen LogP contribution < -0.4 is 9.80 Å². The van der Waals surface area contributed by atoms with Gasteiger partial charge in [-0.1, -0.05) is 111 Å². The number of nitrogens with zero attached hydrogens (tertiary/aromatic N) is 2. The number of fused-ring (bicyclic) bond motifs is 3. The highest BCUT2D eigenvalue weighted by molar-refractivity contribution is 5.88. The lowest BCUT2D eigenvalue weighted by Crippen LogP contribution is -2.43. The molecule has 2 heteroatoms. The second kappa shape index (κ2) is 16.1. The Morgan fingerprint density at radius 3 is 1.08 bits per heavy atom. The van der Waals surface area contributed by atoms with Gasteiger partial charge in [-0.05, 0) is 197 Å². The summed E-state index contributed by atoms with van der Waals surface area (Å²) in [5.74, 6) is 0. The quantitative estimate of drug-likeness (QED) is 0.122. The summed E-state index contributed by atoms with van der Waals surface area (Å²) in [7, 11) is 0. The van der Waals surface area contributed by atoms with Crippen LogP contribution in [-0.2, 0) is 23.7 Å². The normalized spacial score (nSPS) is 18.8. The van der Waals surface area contributed by atoms with E-state index in [0.29, 0.717) is 0 Å². The zero-order valence-electron chi connectivity index (χ0n) is 37.8. The molecule has 2 nitrogen and oxygen atoms in total. The minimum absolute atomic E-state index is 0.137. The number of benzene rings is 6. The standard InChI is InChI=1S/C58H66N2/c1-9-11-15-45-33-41(5)55(42(6)34-45)59(47-21-17-39(3)18-22-47)49-25-27-51-52-28-26-50(38-54(52)58-31-13-29-57(58,30-14-32-58)53(51)37-49)60(48-23-19-40(4)20-24-48)56-43(7)35-46(16-12-10-2)36-44(56)8/h17-28,33-38H,9-16,29-32H2,1-8H3/t57-,58+. The first-order valence-electron chi connectivity index (χ1n) is 23.3. The van der Waals surface area contributed by atoms with Crippen molar-refractivity contribution in [3.8, 4) is 11.1 Å². The van der Waals surface area contributed by atoms with E-state index >= 15 is 0 Å². The van der Waals surface area contributed by atoms with Gasteiger partial charge in [0.15, 0.2) is 0 Å². The lowest BCUT2D eigenvalue weighted by atomic mass is 9.55. The van der Waals surface area contributed by atoms with Gasteiger partial charge in [0.1, 0.15) is 0 Å². The molecule has 0 heterocycles. The molecule has 0 saturated heterocycles. The smallest absolute Gasteiger partial charge is 0.0520 e. The Kier molecular flexibility index (Phi) is 10.8. The molecule has 9 rings (SSSR count). The van der Waals surface area contributed by atoms with Gasteiger partial charge in [0.25, 0.3) is 0 Å². The van der Waals surface area contributed by atoms with Crippen LogP contribution in [0.15, 0.2) is 109 Å². The third kappa shape index (κ3) is 6.70. The topological polar surface area (TPSA) is 6.48 Å². The van der Waals surface area contributed by atoms with Crippen molar-refractivity contribution in [3.05, 3.63) is 165 Å². The minimum atomic E-state index is 0.137. The third-order valence-corrected chi connectivity index (χ3v) is 14.9. The van der Waals surface area contributed by atoms with Gasteiger partial charge in [-0.25, -0.2) is 0 Å². The molecule has 0 unspecified atom stereocenters. The van der Waals surface area contributed by atoms with E-state index in [-0.39, 0.29) is 10.8 Å². The predicted octanol–water partition coefficient (Wildman–Crippen LogP) is 16.7. The lowest BCUT2D eigenvalue weighted by Gasteiger charge is -2.48. The largest absolute Gasteiger partial charge is 0.310 e. The van der Waals surface area contributed by atoms with Crippen molar-refractivity contribution in [1.29, 1.82) is 0 Å². The third-order valence-electron chi connectivity index (χ3n) is 14.9. The summed E-state index contributed by atoms with van der Waals surface area (Å²) < 4.78 is 0. The van der Waals surface area contributed by atoms with E-state index in [9.17, 15) is 0 Å². The van der Waals surface area contributed by atoms with Crippen molar-refractivity contribution in [2.24, 2.45) is 0 Å². The molecule has 0 atom stereocenters. The van der Waals surface area contributed by atoms with E-state index in [0.717, 1.165) is 12.8 Å². The zero-order valence-corrected chi connectivity index (χ0v) is 37.8. The second-order valence-corrected chi connectivity index (χ2v) is 19.0. The second-order valence-electron chi connectivity index (χ2n) is 19.0. The Labute approximate surface area is 361 Å². The molecule has 3 aliphatic rings. The molecule has 2 fully saturated rings.